The van der Waals surface area contributed by atoms with Gasteiger partial charge in [0.25, 0.3) is 5.91 Å². The molecular weight excluding hydrogens is 356 g/mol. The number of para-hydroxylation sites is 1. The maximum Gasteiger partial charge on any atom is 0.252 e. The van der Waals surface area contributed by atoms with E-state index in [0.717, 1.165) is 40.6 Å². The SMILES string of the molecule is CCCc1ccc(CNC(=O)c2cc(-c3ccccc3)nc3ccccc23)cc1. The normalized spacial score (nSPS) is 10.8. The molecule has 0 aliphatic rings. The molecule has 0 aliphatic heterocycles. The van der Waals surface area contributed by atoms with Crippen LogP contribution in [0.5, 0.6) is 0 Å². The van der Waals surface area contributed by atoms with Gasteiger partial charge >= 0.3 is 0 Å². The number of rotatable bonds is 6. The summed E-state index contributed by atoms with van der Waals surface area (Å²) < 4.78 is 0. The number of hydrogen-bond acceptors (Lipinski definition) is 2. The summed E-state index contributed by atoms with van der Waals surface area (Å²) in [5, 5.41) is 3.93. The van der Waals surface area contributed by atoms with Crippen molar-refractivity contribution in [2.45, 2.75) is 26.3 Å². The molecule has 3 aromatic carbocycles. The van der Waals surface area contributed by atoms with Crippen molar-refractivity contribution in [3.8, 4) is 11.3 Å². The van der Waals surface area contributed by atoms with Crippen LogP contribution >= 0.6 is 0 Å². The van der Waals surface area contributed by atoms with E-state index in [2.05, 4.69) is 36.5 Å². The van der Waals surface area contributed by atoms with Crippen LogP contribution in [0.2, 0.25) is 0 Å². The minimum absolute atomic E-state index is 0.0848. The summed E-state index contributed by atoms with van der Waals surface area (Å²) in [4.78, 5) is 17.8. The zero-order valence-corrected chi connectivity index (χ0v) is 16.6. The highest BCUT2D eigenvalue weighted by Gasteiger charge is 2.13. The first-order valence-electron chi connectivity index (χ1n) is 10.1. The van der Waals surface area contributed by atoms with Gasteiger partial charge in [0.1, 0.15) is 0 Å². The third kappa shape index (κ3) is 4.35. The maximum atomic E-state index is 13.0. The minimum Gasteiger partial charge on any atom is -0.348 e. The summed E-state index contributed by atoms with van der Waals surface area (Å²) in [5.41, 5.74) is 5.70. The van der Waals surface area contributed by atoms with E-state index in [-0.39, 0.29) is 5.91 Å². The van der Waals surface area contributed by atoms with Crippen molar-refractivity contribution < 1.29 is 4.79 Å². The molecule has 0 spiro atoms. The molecule has 144 valence electrons. The zero-order valence-electron chi connectivity index (χ0n) is 16.6. The van der Waals surface area contributed by atoms with Crippen LogP contribution in [0.1, 0.15) is 34.8 Å². The van der Waals surface area contributed by atoms with Crippen molar-refractivity contribution in [3.05, 3.63) is 102 Å². The number of aromatic nitrogens is 1. The van der Waals surface area contributed by atoms with Crippen LogP contribution in [-0.2, 0) is 13.0 Å². The Kier molecular flexibility index (Phi) is 5.66. The number of carbonyl (C=O) groups is 1. The number of amides is 1. The van der Waals surface area contributed by atoms with Crippen LogP contribution in [0.4, 0.5) is 0 Å². The van der Waals surface area contributed by atoms with Crippen LogP contribution < -0.4 is 5.32 Å². The highest BCUT2D eigenvalue weighted by atomic mass is 16.1. The summed E-state index contributed by atoms with van der Waals surface area (Å²) in [6.45, 7) is 2.68. The third-order valence-corrected chi connectivity index (χ3v) is 5.05. The Bertz CT molecular complexity index is 1120. The molecule has 0 fully saturated rings. The second kappa shape index (κ2) is 8.70. The van der Waals surface area contributed by atoms with Crippen molar-refractivity contribution in [3.63, 3.8) is 0 Å². The molecule has 0 saturated carbocycles. The molecule has 0 unspecified atom stereocenters. The molecule has 29 heavy (non-hydrogen) atoms. The standard InChI is InChI=1S/C26H24N2O/c1-2-8-19-13-15-20(16-14-19)18-27-26(29)23-17-25(21-9-4-3-5-10-21)28-24-12-7-6-11-22(23)24/h3-7,9-17H,2,8,18H2,1H3,(H,27,29). The zero-order chi connectivity index (χ0) is 20.1. The number of hydrogen-bond donors (Lipinski definition) is 1. The summed E-state index contributed by atoms with van der Waals surface area (Å²) in [5.74, 6) is -0.0848. The average Bonchev–Trinajstić information content (AvgIpc) is 2.78. The molecule has 1 heterocycles. The van der Waals surface area contributed by atoms with E-state index in [1.807, 2.05) is 60.7 Å². The summed E-state index contributed by atoms with van der Waals surface area (Å²) in [6.07, 6.45) is 2.22. The van der Waals surface area contributed by atoms with Gasteiger partial charge in [-0.3, -0.25) is 4.79 Å². The second-order valence-electron chi connectivity index (χ2n) is 7.19. The first-order valence-corrected chi connectivity index (χ1v) is 10.1. The lowest BCUT2D eigenvalue weighted by Gasteiger charge is -2.11. The van der Waals surface area contributed by atoms with Gasteiger partial charge in [-0.1, -0.05) is 86.1 Å². The first-order chi connectivity index (χ1) is 14.2. The predicted molar refractivity (Wildman–Crippen MR) is 119 cm³/mol. The van der Waals surface area contributed by atoms with Gasteiger partial charge in [0, 0.05) is 17.5 Å². The van der Waals surface area contributed by atoms with E-state index in [1.165, 1.54) is 5.56 Å². The lowest BCUT2D eigenvalue weighted by atomic mass is 10.0. The van der Waals surface area contributed by atoms with E-state index in [4.69, 9.17) is 4.98 Å². The minimum atomic E-state index is -0.0848. The number of nitrogens with one attached hydrogen (secondary N) is 1. The second-order valence-corrected chi connectivity index (χ2v) is 7.19. The van der Waals surface area contributed by atoms with Gasteiger partial charge in [0.05, 0.1) is 16.8 Å². The van der Waals surface area contributed by atoms with Gasteiger partial charge in [0.15, 0.2) is 0 Å². The molecule has 0 radical (unpaired) electrons. The number of aryl methyl sites for hydroxylation is 1. The Hall–Kier alpha value is -3.46. The van der Waals surface area contributed by atoms with E-state index < -0.39 is 0 Å². The van der Waals surface area contributed by atoms with Gasteiger partial charge in [-0.25, -0.2) is 4.98 Å². The molecule has 3 heteroatoms. The van der Waals surface area contributed by atoms with E-state index in [9.17, 15) is 4.79 Å². The number of benzene rings is 3. The molecule has 0 saturated heterocycles. The van der Waals surface area contributed by atoms with E-state index in [0.29, 0.717) is 12.1 Å². The van der Waals surface area contributed by atoms with Gasteiger partial charge in [-0.05, 0) is 29.7 Å². The largest absolute Gasteiger partial charge is 0.348 e. The smallest absolute Gasteiger partial charge is 0.252 e. The fourth-order valence-corrected chi connectivity index (χ4v) is 3.51. The monoisotopic (exact) mass is 380 g/mol. The van der Waals surface area contributed by atoms with Crippen molar-refractivity contribution in [2.75, 3.05) is 0 Å². The van der Waals surface area contributed by atoms with Gasteiger partial charge in [-0.2, -0.15) is 0 Å². The molecule has 0 bridgehead atoms. The van der Waals surface area contributed by atoms with Crippen LogP contribution in [0.3, 0.4) is 0 Å². The Balaban J connectivity index is 1.61. The number of nitrogens with zero attached hydrogens (tertiary/aromatic N) is 1. The number of fused-ring (bicyclic) bond motifs is 1. The van der Waals surface area contributed by atoms with Crippen molar-refractivity contribution in [1.82, 2.24) is 10.3 Å². The highest BCUT2D eigenvalue weighted by molar-refractivity contribution is 6.07. The molecule has 1 N–H and O–H groups in total. The molecule has 1 amide bonds. The molecule has 4 aromatic rings. The first kappa shape index (κ1) is 18.9. The van der Waals surface area contributed by atoms with E-state index in [1.54, 1.807) is 0 Å². The van der Waals surface area contributed by atoms with Gasteiger partial charge in [0.2, 0.25) is 0 Å². The fourth-order valence-electron chi connectivity index (χ4n) is 3.51. The van der Waals surface area contributed by atoms with E-state index >= 15 is 0 Å². The van der Waals surface area contributed by atoms with Crippen LogP contribution in [-0.4, -0.2) is 10.9 Å². The average molecular weight is 380 g/mol. The summed E-state index contributed by atoms with van der Waals surface area (Å²) in [6, 6.07) is 28.1. The Morgan fingerprint density at radius 2 is 1.55 bits per heavy atom. The van der Waals surface area contributed by atoms with Gasteiger partial charge in [-0.15, -0.1) is 0 Å². The number of pyridine rings is 1. The topological polar surface area (TPSA) is 42.0 Å². The maximum absolute atomic E-state index is 13.0. The summed E-state index contributed by atoms with van der Waals surface area (Å²) in [7, 11) is 0. The van der Waals surface area contributed by atoms with Crippen molar-refractivity contribution >= 4 is 16.8 Å². The fraction of sp³-hybridized carbons (Fsp3) is 0.154. The Morgan fingerprint density at radius 3 is 2.31 bits per heavy atom. The van der Waals surface area contributed by atoms with Crippen LogP contribution in [0.25, 0.3) is 22.2 Å². The lowest BCUT2D eigenvalue weighted by molar-refractivity contribution is 0.0952. The van der Waals surface area contributed by atoms with Crippen molar-refractivity contribution in [2.24, 2.45) is 0 Å². The quantitative estimate of drug-likeness (QED) is 0.460. The van der Waals surface area contributed by atoms with Crippen LogP contribution in [0, 0.1) is 0 Å². The highest BCUT2D eigenvalue weighted by Crippen LogP contribution is 2.24. The lowest BCUT2D eigenvalue weighted by Crippen LogP contribution is -2.23. The molecular formula is C26H24N2O. The number of carbonyl (C=O) groups excluding carboxylic acids is 1. The Labute approximate surface area is 171 Å². The van der Waals surface area contributed by atoms with Gasteiger partial charge < -0.3 is 5.32 Å². The molecule has 1 aromatic heterocycles. The summed E-state index contributed by atoms with van der Waals surface area (Å²) >= 11 is 0. The third-order valence-electron chi connectivity index (χ3n) is 5.05. The molecule has 0 atom stereocenters. The van der Waals surface area contributed by atoms with Crippen LogP contribution in [0.15, 0.2) is 84.9 Å². The predicted octanol–water partition coefficient (Wildman–Crippen LogP) is 5.78. The molecule has 4 rings (SSSR count). The molecule has 0 aliphatic carbocycles. The van der Waals surface area contributed by atoms with Crippen molar-refractivity contribution in [1.29, 1.82) is 0 Å². The molecule has 3 nitrogen and oxygen atoms in total. The Morgan fingerprint density at radius 1 is 0.862 bits per heavy atom.